The van der Waals surface area contributed by atoms with E-state index in [1.807, 2.05) is 30.3 Å². The van der Waals surface area contributed by atoms with E-state index in [1.165, 1.54) is 8.66 Å². The molecule has 0 unspecified atom stereocenters. The molecule has 2 aromatic rings. The van der Waals surface area contributed by atoms with E-state index < -0.39 is 0 Å². The Bertz CT molecular complexity index is 536. The number of benzene rings is 1. The van der Waals surface area contributed by atoms with Crippen LogP contribution in [0.15, 0.2) is 46.3 Å². The molecule has 1 aromatic heterocycles. The molecule has 0 fully saturated rings. The van der Waals surface area contributed by atoms with Crippen LogP contribution in [0.4, 0.5) is 0 Å². The molecule has 0 saturated heterocycles. The van der Waals surface area contributed by atoms with Gasteiger partial charge >= 0.3 is 0 Å². The van der Waals surface area contributed by atoms with Gasteiger partial charge in [-0.15, -0.1) is 11.3 Å². The van der Waals surface area contributed by atoms with Gasteiger partial charge in [-0.2, -0.15) is 0 Å². The predicted molar refractivity (Wildman–Crippen MR) is 81.9 cm³/mol. The van der Waals surface area contributed by atoms with Gasteiger partial charge in [-0.25, -0.2) is 0 Å². The van der Waals surface area contributed by atoms with Gasteiger partial charge in [0.25, 0.3) is 0 Å². The number of nitrogens with one attached hydrogen (secondary N) is 1. The summed E-state index contributed by atoms with van der Waals surface area (Å²) in [4.78, 5) is 1.39. The summed E-state index contributed by atoms with van der Waals surface area (Å²) in [5.74, 6) is 6.26. The molecular weight excluding hydrogens is 306 g/mol. The lowest BCUT2D eigenvalue weighted by molar-refractivity contribution is 0.759. The van der Waals surface area contributed by atoms with Gasteiger partial charge in [0.2, 0.25) is 0 Å². The van der Waals surface area contributed by atoms with Crippen LogP contribution in [0.25, 0.3) is 0 Å². The van der Waals surface area contributed by atoms with Crippen LogP contribution in [0, 0.1) is 11.8 Å². The van der Waals surface area contributed by atoms with E-state index in [0.29, 0.717) is 0 Å². The second-order valence-electron chi connectivity index (χ2n) is 3.80. The maximum Gasteiger partial charge on any atom is 0.0701 e. The zero-order valence-corrected chi connectivity index (χ0v) is 12.4. The lowest BCUT2D eigenvalue weighted by atomic mass is 10.2. The van der Waals surface area contributed by atoms with E-state index in [-0.39, 0.29) is 0 Å². The lowest BCUT2D eigenvalue weighted by Crippen LogP contribution is -2.16. The lowest BCUT2D eigenvalue weighted by Gasteiger charge is -1.97. The second-order valence-corrected chi connectivity index (χ2v) is 6.35. The van der Waals surface area contributed by atoms with Gasteiger partial charge in [0.1, 0.15) is 0 Å². The largest absolute Gasteiger partial charge is 0.306 e. The van der Waals surface area contributed by atoms with E-state index in [2.05, 4.69) is 45.2 Å². The van der Waals surface area contributed by atoms with Crippen molar-refractivity contribution in [2.75, 3.05) is 13.1 Å². The summed E-state index contributed by atoms with van der Waals surface area (Å²) in [7, 11) is 0. The molecule has 0 aliphatic rings. The highest BCUT2D eigenvalue weighted by Gasteiger charge is 1.96. The molecule has 0 atom stereocenters. The fraction of sp³-hybridized carbons (Fsp3) is 0.200. The molecule has 0 aliphatic heterocycles. The number of rotatable bonds is 4. The minimum absolute atomic E-state index is 0.738. The zero-order valence-electron chi connectivity index (χ0n) is 9.95. The summed E-state index contributed by atoms with van der Waals surface area (Å²) in [5, 5.41) is 3.33. The number of hydrogen-bond acceptors (Lipinski definition) is 2. The molecule has 92 valence electrons. The standard InChI is InChI=1S/C15H14BrNS/c16-15-9-8-14(18-15)10-12-17-11-4-7-13-5-2-1-3-6-13/h1-3,5-6,8-9,17H,10-12H2. The summed E-state index contributed by atoms with van der Waals surface area (Å²) in [6, 6.07) is 14.3. The Morgan fingerprint density at radius 2 is 1.94 bits per heavy atom. The summed E-state index contributed by atoms with van der Waals surface area (Å²) in [5.41, 5.74) is 1.07. The molecule has 1 N–H and O–H groups in total. The van der Waals surface area contributed by atoms with E-state index >= 15 is 0 Å². The zero-order chi connectivity index (χ0) is 12.6. The van der Waals surface area contributed by atoms with E-state index in [9.17, 15) is 0 Å². The Balaban J connectivity index is 1.66. The first-order valence-corrected chi connectivity index (χ1v) is 7.44. The van der Waals surface area contributed by atoms with Crippen LogP contribution in [-0.2, 0) is 6.42 Å². The van der Waals surface area contributed by atoms with Crippen molar-refractivity contribution in [2.45, 2.75) is 6.42 Å². The highest BCUT2D eigenvalue weighted by Crippen LogP contribution is 2.21. The van der Waals surface area contributed by atoms with Crippen molar-refractivity contribution < 1.29 is 0 Å². The predicted octanol–water partition coefficient (Wildman–Crippen LogP) is 3.69. The van der Waals surface area contributed by atoms with Crippen molar-refractivity contribution in [1.29, 1.82) is 0 Å². The third-order valence-corrected chi connectivity index (χ3v) is 4.08. The van der Waals surface area contributed by atoms with Gasteiger partial charge in [-0.3, -0.25) is 0 Å². The highest BCUT2D eigenvalue weighted by molar-refractivity contribution is 9.11. The van der Waals surface area contributed by atoms with Gasteiger partial charge in [0, 0.05) is 17.0 Å². The molecule has 0 aliphatic carbocycles. The van der Waals surface area contributed by atoms with E-state index in [4.69, 9.17) is 0 Å². The molecule has 0 saturated carbocycles. The molecule has 2 rings (SSSR count). The average Bonchev–Trinajstić information content (AvgIpc) is 2.81. The van der Waals surface area contributed by atoms with Crippen LogP contribution in [0.3, 0.4) is 0 Å². The van der Waals surface area contributed by atoms with Crippen LogP contribution in [0.5, 0.6) is 0 Å². The van der Waals surface area contributed by atoms with E-state index in [1.54, 1.807) is 11.3 Å². The molecule has 1 heterocycles. The first kappa shape index (κ1) is 13.4. The van der Waals surface area contributed by atoms with Gasteiger partial charge < -0.3 is 5.32 Å². The number of halogens is 1. The van der Waals surface area contributed by atoms with Crippen molar-refractivity contribution >= 4 is 27.3 Å². The van der Waals surface area contributed by atoms with Gasteiger partial charge in [0.15, 0.2) is 0 Å². The van der Waals surface area contributed by atoms with Crippen molar-refractivity contribution in [3.63, 3.8) is 0 Å². The summed E-state index contributed by atoms with van der Waals surface area (Å²) < 4.78 is 1.20. The maximum absolute atomic E-state index is 3.47. The van der Waals surface area contributed by atoms with Gasteiger partial charge in [-0.05, 0) is 46.6 Å². The minimum atomic E-state index is 0.738. The summed E-state index contributed by atoms with van der Waals surface area (Å²) in [6.45, 7) is 1.71. The van der Waals surface area contributed by atoms with Gasteiger partial charge in [-0.1, -0.05) is 30.0 Å². The second kappa shape index (κ2) is 7.38. The Hall–Kier alpha value is -1.08. The Morgan fingerprint density at radius 3 is 2.67 bits per heavy atom. The van der Waals surface area contributed by atoms with Crippen molar-refractivity contribution in [2.24, 2.45) is 0 Å². The normalized spacial score (nSPS) is 9.83. The van der Waals surface area contributed by atoms with Crippen LogP contribution < -0.4 is 5.32 Å². The molecule has 0 amide bonds. The third-order valence-electron chi connectivity index (χ3n) is 2.40. The van der Waals surface area contributed by atoms with Crippen molar-refractivity contribution in [1.82, 2.24) is 5.32 Å². The minimum Gasteiger partial charge on any atom is -0.306 e. The summed E-state index contributed by atoms with van der Waals surface area (Å²) >= 11 is 5.26. The van der Waals surface area contributed by atoms with Crippen LogP contribution in [0.1, 0.15) is 10.4 Å². The number of hydrogen-bond donors (Lipinski definition) is 1. The summed E-state index contributed by atoms with van der Waals surface area (Å²) in [6.07, 6.45) is 1.06. The quantitative estimate of drug-likeness (QED) is 0.669. The molecule has 1 aromatic carbocycles. The Morgan fingerprint density at radius 1 is 1.11 bits per heavy atom. The molecule has 18 heavy (non-hydrogen) atoms. The molecule has 1 nitrogen and oxygen atoms in total. The average molecular weight is 320 g/mol. The maximum atomic E-state index is 3.47. The molecule has 0 radical (unpaired) electrons. The first-order valence-electron chi connectivity index (χ1n) is 5.83. The Labute approximate surface area is 120 Å². The van der Waals surface area contributed by atoms with Gasteiger partial charge in [0.05, 0.1) is 10.3 Å². The Kier molecular flexibility index (Phi) is 5.47. The first-order chi connectivity index (χ1) is 8.84. The molecular formula is C15H14BrNS. The molecule has 3 heteroatoms. The van der Waals surface area contributed by atoms with Crippen molar-refractivity contribution in [3.8, 4) is 11.8 Å². The van der Waals surface area contributed by atoms with Crippen LogP contribution in [-0.4, -0.2) is 13.1 Å². The topological polar surface area (TPSA) is 12.0 Å². The fourth-order valence-corrected chi connectivity index (χ4v) is 3.00. The van der Waals surface area contributed by atoms with Crippen LogP contribution in [0.2, 0.25) is 0 Å². The number of thiophene rings is 1. The van der Waals surface area contributed by atoms with Crippen molar-refractivity contribution in [3.05, 3.63) is 56.7 Å². The SMILES string of the molecule is Brc1ccc(CCNCC#Cc2ccccc2)s1. The monoisotopic (exact) mass is 319 g/mol. The highest BCUT2D eigenvalue weighted by atomic mass is 79.9. The smallest absolute Gasteiger partial charge is 0.0701 e. The molecule has 0 bridgehead atoms. The van der Waals surface area contributed by atoms with E-state index in [0.717, 1.165) is 25.1 Å². The van der Waals surface area contributed by atoms with Crippen LogP contribution >= 0.6 is 27.3 Å². The molecule has 0 spiro atoms. The fourth-order valence-electron chi connectivity index (χ4n) is 1.52. The third kappa shape index (κ3) is 4.66.